The van der Waals surface area contributed by atoms with E-state index in [0.717, 1.165) is 23.7 Å². The molecule has 2 nitrogen and oxygen atoms in total. The zero-order valence-electron chi connectivity index (χ0n) is 29.3. The number of para-hydroxylation sites is 2. The summed E-state index contributed by atoms with van der Waals surface area (Å²) in [7, 11) is 0. The molecule has 0 aliphatic heterocycles. The van der Waals surface area contributed by atoms with Crippen molar-refractivity contribution in [3.05, 3.63) is 169 Å². The molecule has 0 atom stereocenters. The highest BCUT2D eigenvalue weighted by molar-refractivity contribution is 6.10. The van der Waals surface area contributed by atoms with E-state index in [1.807, 2.05) is 0 Å². The van der Waals surface area contributed by atoms with Crippen molar-refractivity contribution < 1.29 is 0 Å². The van der Waals surface area contributed by atoms with Crippen LogP contribution in [0.25, 0.3) is 49.4 Å². The van der Waals surface area contributed by atoms with Crippen LogP contribution in [0.2, 0.25) is 0 Å². The van der Waals surface area contributed by atoms with Crippen LogP contribution in [0.1, 0.15) is 43.2 Å². The van der Waals surface area contributed by atoms with Gasteiger partial charge >= 0.3 is 0 Å². The van der Waals surface area contributed by atoms with Crippen LogP contribution in [0.3, 0.4) is 0 Å². The van der Waals surface area contributed by atoms with Crippen LogP contribution in [0.15, 0.2) is 158 Å². The van der Waals surface area contributed by atoms with Gasteiger partial charge in [-0.3, -0.25) is 0 Å². The van der Waals surface area contributed by atoms with E-state index in [-0.39, 0.29) is 5.41 Å². The largest absolute Gasteiger partial charge is 0.310 e. The number of hydrogen-bond acceptors (Lipinski definition) is 1. The van der Waals surface area contributed by atoms with E-state index in [1.54, 1.807) is 11.1 Å². The van der Waals surface area contributed by atoms with Gasteiger partial charge in [0.1, 0.15) is 0 Å². The Bertz CT molecular complexity index is 2690. The molecule has 4 bridgehead atoms. The summed E-state index contributed by atoms with van der Waals surface area (Å²) in [4.78, 5) is 2.54. The number of anilines is 3. The molecular formula is C50H40N2. The van der Waals surface area contributed by atoms with Crippen LogP contribution >= 0.6 is 0 Å². The lowest BCUT2D eigenvalue weighted by molar-refractivity contribution is -0.0399. The maximum atomic E-state index is 2.63. The third kappa shape index (κ3) is 3.90. The highest BCUT2D eigenvalue weighted by Crippen LogP contribution is 2.69. The second-order valence-electron chi connectivity index (χ2n) is 16.2. The van der Waals surface area contributed by atoms with Crippen molar-refractivity contribution in [1.82, 2.24) is 4.57 Å². The fourth-order valence-electron chi connectivity index (χ4n) is 12.0. The van der Waals surface area contributed by atoms with Crippen molar-refractivity contribution in [3.8, 4) is 16.8 Å². The first-order valence-corrected chi connectivity index (χ1v) is 19.4. The average molecular weight is 669 g/mol. The van der Waals surface area contributed by atoms with Crippen molar-refractivity contribution in [1.29, 1.82) is 0 Å². The Morgan fingerprint density at radius 3 is 1.90 bits per heavy atom. The van der Waals surface area contributed by atoms with Crippen molar-refractivity contribution in [2.24, 2.45) is 23.7 Å². The Morgan fingerprint density at radius 2 is 1.06 bits per heavy atom. The van der Waals surface area contributed by atoms with Crippen molar-refractivity contribution in [3.63, 3.8) is 0 Å². The van der Waals surface area contributed by atoms with Crippen molar-refractivity contribution >= 4 is 49.6 Å². The first kappa shape index (κ1) is 29.0. The highest BCUT2D eigenvalue weighted by Gasteiger charge is 2.61. The van der Waals surface area contributed by atoms with E-state index >= 15 is 0 Å². The third-order valence-electron chi connectivity index (χ3n) is 13.7. The van der Waals surface area contributed by atoms with Gasteiger partial charge in [-0.2, -0.15) is 0 Å². The van der Waals surface area contributed by atoms with Gasteiger partial charge < -0.3 is 9.47 Å². The minimum Gasteiger partial charge on any atom is -0.310 e. The van der Waals surface area contributed by atoms with Gasteiger partial charge in [0.25, 0.3) is 0 Å². The lowest BCUT2D eigenvalue weighted by Gasteiger charge is -2.61. The molecule has 0 unspecified atom stereocenters. The van der Waals surface area contributed by atoms with Gasteiger partial charge in [-0.05, 0) is 149 Å². The average Bonchev–Trinajstić information content (AvgIpc) is 3.67. The Balaban J connectivity index is 1.10. The molecule has 13 rings (SSSR count). The molecule has 1 heterocycles. The van der Waals surface area contributed by atoms with Gasteiger partial charge in [0.05, 0.1) is 11.0 Å². The molecule has 52 heavy (non-hydrogen) atoms. The smallest absolute Gasteiger partial charge is 0.0542 e. The quantitative estimate of drug-likeness (QED) is 0.181. The van der Waals surface area contributed by atoms with Gasteiger partial charge in [-0.15, -0.1) is 0 Å². The summed E-state index contributed by atoms with van der Waals surface area (Å²) in [5.41, 5.74) is 13.5. The predicted molar refractivity (Wildman–Crippen MR) is 216 cm³/mol. The lowest BCUT2D eigenvalue weighted by Crippen LogP contribution is -2.55. The molecule has 4 saturated carbocycles. The third-order valence-corrected chi connectivity index (χ3v) is 13.7. The second kappa shape index (κ2) is 10.7. The number of benzene rings is 7. The predicted octanol–water partition coefficient (Wildman–Crippen LogP) is 13.1. The fraction of sp³-hybridized carbons (Fsp3) is 0.200. The number of rotatable bonds is 4. The lowest BCUT2D eigenvalue weighted by atomic mass is 9.43. The van der Waals surface area contributed by atoms with E-state index in [2.05, 4.69) is 167 Å². The van der Waals surface area contributed by atoms with Gasteiger partial charge in [-0.1, -0.05) is 97.1 Å². The molecule has 0 radical (unpaired) electrons. The maximum Gasteiger partial charge on any atom is 0.0542 e. The van der Waals surface area contributed by atoms with E-state index in [9.17, 15) is 0 Å². The van der Waals surface area contributed by atoms with Gasteiger partial charge in [0.15, 0.2) is 0 Å². The highest BCUT2D eigenvalue weighted by atomic mass is 15.1. The molecular weight excluding hydrogens is 629 g/mol. The molecule has 0 N–H and O–H groups in total. The van der Waals surface area contributed by atoms with Crippen LogP contribution in [-0.4, -0.2) is 4.57 Å². The molecule has 8 aromatic rings. The molecule has 2 heteroatoms. The van der Waals surface area contributed by atoms with Crippen LogP contribution in [0, 0.1) is 23.7 Å². The zero-order valence-corrected chi connectivity index (χ0v) is 29.3. The summed E-state index contributed by atoms with van der Waals surface area (Å²) < 4.78 is 2.41. The Hall–Kier alpha value is -5.60. The molecule has 1 spiro atoms. The van der Waals surface area contributed by atoms with E-state index in [1.165, 1.54) is 98.6 Å². The van der Waals surface area contributed by atoms with E-state index < -0.39 is 0 Å². The molecule has 250 valence electrons. The molecule has 5 aliphatic carbocycles. The van der Waals surface area contributed by atoms with Gasteiger partial charge in [-0.25, -0.2) is 0 Å². The summed E-state index contributed by atoms with van der Waals surface area (Å²) in [5, 5.41) is 5.08. The first-order valence-electron chi connectivity index (χ1n) is 19.4. The summed E-state index contributed by atoms with van der Waals surface area (Å²) in [5.74, 6) is 3.31. The van der Waals surface area contributed by atoms with Crippen LogP contribution in [-0.2, 0) is 5.41 Å². The maximum absolute atomic E-state index is 2.63. The van der Waals surface area contributed by atoms with Crippen LogP contribution in [0.4, 0.5) is 17.1 Å². The normalized spacial score (nSPS) is 23.8. The summed E-state index contributed by atoms with van der Waals surface area (Å²) in [6.07, 6.45) is 7.03. The fourth-order valence-corrected chi connectivity index (χ4v) is 12.0. The Labute approximate surface area is 305 Å². The second-order valence-corrected chi connectivity index (χ2v) is 16.2. The minimum atomic E-state index is 0.122. The van der Waals surface area contributed by atoms with Crippen molar-refractivity contribution in [2.45, 2.75) is 37.5 Å². The molecule has 5 aliphatic rings. The van der Waals surface area contributed by atoms with E-state index in [0.29, 0.717) is 0 Å². The van der Waals surface area contributed by atoms with E-state index in [4.69, 9.17) is 0 Å². The summed E-state index contributed by atoms with van der Waals surface area (Å²) in [6.45, 7) is 0. The van der Waals surface area contributed by atoms with Crippen LogP contribution < -0.4 is 4.90 Å². The van der Waals surface area contributed by atoms with Gasteiger partial charge in [0.2, 0.25) is 0 Å². The summed E-state index contributed by atoms with van der Waals surface area (Å²) >= 11 is 0. The van der Waals surface area contributed by atoms with Crippen molar-refractivity contribution in [2.75, 3.05) is 4.90 Å². The molecule has 0 saturated heterocycles. The molecule has 7 aromatic carbocycles. The van der Waals surface area contributed by atoms with Crippen LogP contribution in [0.5, 0.6) is 0 Å². The molecule has 0 amide bonds. The zero-order chi connectivity index (χ0) is 34.0. The van der Waals surface area contributed by atoms with Gasteiger partial charge in [0, 0.05) is 38.9 Å². The number of hydrogen-bond donors (Lipinski definition) is 0. The topological polar surface area (TPSA) is 8.17 Å². The SMILES string of the molecule is c1ccc(-n2c3ccccc3c3cc(N(c4ccc5c(c4)C4(c6ccccc6-5)C5CC6CC(C5)CC4C6)c4ccc5ccccc5c4)ccc32)cc1. The molecule has 4 fully saturated rings. The standard InChI is InChI=1S/C50H40N2/c1-2-12-38(13-3-1)52-48-17-9-7-15-44(48)45-30-40(21-23-49(45)52)51(39-19-18-34-10-4-5-11-35(34)29-39)41-20-22-43-42-14-6-8-16-46(42)50(47(43)31-41)36-25-32-24-33(27-36)28-37(50)26-32/h1-23,29-33,36-37H,24-28H2. The Morgan fingerprint density at radius 1 is 0.442 bits per heavy atom. The Kier molecular flexibility index (Phi) is 5.98. The molecule has 1 aromatic heterocycles. The number of aromatic nitrogens is 1. The number of fused-ring (bicyclic) bond motifs is 7. The number of nitrogens with zero attached hydrogens (tertiary/aromatic N) is 2. The minimum absolute atomic E-state index is 0.122. The monoisotopic (exact) mass is 668 g/mol. The first-order chi connectivity index (χ1) is 25.7. The summed E-state index contributed by atoms with van der Waals surface area (Å²) in [6, 6.07) is 59.5.